The predicted octanol–water partition coefficient (Wildman–Crippen LogP) is 2.48. The van der Waals surface area contributed by atoms with Gasteiger partial charge in [-0.25, -0.2) is 9.78 Å². The summed E-state index contributed by atoms with van der Waals surface area (Å²) in [6, 6.07) is 7.29. The first-order valence-corrected chi connectivity index (χ1v) is 5.34. The van der Waals surface area contributed by atoms with Gasteiger partial charge >= 0.3 is 5.97 Å². The van der Waals surface area contributed by atoms with Gasteiger partial charge < -0.3 is 9.72 Å². The number of rotatable bonds is 2. The molecule has 0 spiro atoms. The molecule has 0 atom stereocenters. The molecule has 0 bridgehead atoms. The monoisotopic (exact) mass is 230 g/mol. The molecule has 0 saturated heterocycles. The molecule has 0 aliphatic rings. The van der Waals surface area contributed by atoms with Crippen LogP contribution in [0.2, 0.25) is 0 Å². The number of nitrogens with zero attached hydrogens (tertiary/aromatic N) is 1. The maximum atomic E-state index is 11.4. The number of esters is 1. The quantitative estimate of drug-likeness (QED) is 0.806. The Labute approximate surface area is 99.7 Å². The fourth-order valence-electron chi connectivity index (χ4n) is 1.81. The zero-order valence-electron chi connectivity index (χ0n) is 10.1. The first-order valence-electron chi connectivity index (χ1n) is 5.34. The van der Waals surface area contributed by atoms with Gasteiger partial charge in [0.2, 0.25) is 0 Å². The normalized spacial score (nSPS) is 10.3. The fraction of sp³-hybridized carbons (Fsp3) is 0.231. The van der Waals surface area contributed by atoms with Crippen molar-refractivity contribution in [3.05, 3.63) is 41.3 Å². The summed E-state index contributed by atoms with van der Waals surface area (Å²) in [5, 5.41) is 0. The van der Waals surface area contributed by atoms with E-state index >= 15 is 0 Å². The van der Waals surface area contributed by atoms with Crippen LogP contribution in [0.15, 0.2) is 24.3 Å². The zero-order chi connectivity index (χ0) is 12.4. The van der Waals surface area contributed by atoms with E-state index in [1.807, 2.05) is 26.0 Å². The Hall–Kier alpha value is -2.10. The van der Waals surface area contributed by atoms with Crippen LogP contribution in [0, 0.1) is 13.8 Å². The largest absolute Gasteiger partial charge is 0.465 e. The molecular weight excluding hydrogens is 216 g/mol. The predicted molar refractivity (Wildman–Crippen MR) is 64.8 cm³/mol. The standard InChI is InChI=1S/C13H14N2O2/c1-8-12(15-9(2)14-8)10-5-4-6-11(7-10)13(16)17-3/h4-7H,1-3H3,(H,14,15). The number of nitrogens with one attached hydrogen (secondary N) is 1. The maximum absolute atomic E-state index is 11.4. The number of methoxy groups -OCH3 is 1. The van der Waals surface area contributed by atoms with E-state index in [-0.39, 0.29) is 5.97 Å². The van der Waals surface area contributed by atoms with Gasteiger partial charge in [-0.15, -0.1) is 0 Å². The highest BCUT2D eigenvalue weighted by Gasteiger charge is 2.10. The smallest absolute Gasteiger partial charge is 0.337 e. The first kappa shape index (κ1) is 11.4. The van der Waals surface area contributed by atoms with Crippen molar-refractivity contribution in [3.63, 3.8) is 0 Å². The van der Waals surface area contributed by atoms with Crippen LogP contribution in [0.3, 0.4) is 0 Å². The Kier molecular flexibility index (Phi) is 2.95. The number of carbonyl (C=O) groups is 1. The van der Waals surface area contributed by atoms with Gasteiger partial charge in [0.15, 0.2) is 0 Å². The number of aryl methyl sites for hydroxylation is 2. The zero-order valence-corrected chi connectivity index (χ0v) is 10.1. The minimum Gasteiger partial charge on any atom is -0.465 e. The number of aromatic amines is 1. The van der Waals surface area contributed by atoms with Crippen molar-refractivity contribution in [2.75, 3.05) is 7.11 Å². The number of carbonyl (C=O) groups excluding carboxylic acids is 1. The molecule has 4 nitrogen and oxygen atoms in total. The van der Waals surface area contributed by atoms with Crippen molar-refractivity contribution < 1.29 is 9.53 Å². The molecule has 2 aromatic rings. The molecule has 1 aromatic heterocycles. The van der Waals surface area contributed by atoms with Gasteiger partial charge in [-0.05, 0) is 26.0 Å². The maximum Gasteiger partial charge on any atom is 0.337 e. The third-order valence-corrected chi connectivity index (χ3v) is 2.58. The lowest BCUT2D eigenvalue weighted by molar-refractivity contribution is 0.0601. The van der Waals surface area contributed by atoms with E-state index in [1.165, 1.54) is 7.11 Å². The van der Waals surface area contributed by atoms with Gasteiger partial charge in [0, 0.05) is 5.56 Å². The summed E-state index contributed by atoms with van der Waals surface area (Å²) in [5.74, 6) is 0.529. The lowest BCUT2D eigenvalue weighted by Crippen LogP contribution is -2.00. The highest BCUT2D eigenvalue weighted by molar-refractivity contribution is 5.90. The highest BCUT2D eigenvalue weighted by Crippen LogP contribution is 2.22. The Bertz CT molecular complexity index is 558. The molecule has 0 radical (unpaired) electrons. The summed E-state index contributed by atoms with van der Waals surface area (Å²) in [4.78, 5) is 18.9. The lowest BCUT2D eigenvalue weighted by atomic mass is 10.1. The molecule has 0 amide bonds. The number of benzene rings is 1. The molecule has 0 aliphatic carbocycles. The van der Waals surface area contributed by atoms with E-state index in [1.54, 1.807) is 12.1 Å². The molecule has 0 fully saturated rings. The highest BCUT2D eigenvalue weighted by atomic mass is 16.5. The minimum atomic E-state index is -0.333. The van der Waals surface area contributed by atoms with Crippen molar-refractivity contribution in [3.8, 4) is 11.3 Å². The average molecular weight is 230 g/mol. The van der Waals surface area contributed by atoms with Crippen molar-refractivity contribution in [1.29, 1.82) is 0 Å². The number of aromatic nitrogens is 2. The Balaban J connectivity index is 2.46. The van der Waals surface area contributed by atoms with Gasteiger partial charge in [0.05, 0.1) is 24.1 Å². The number of hydrogen-bond acceptors (Lipinski definition) is 3. The van der Waals surface area contributed by atoms with Gasteiger partial charge in [0.1, 0.15) is 5.82 Å². The topological polar surface area (TPSA) is 55.0 Å². The number of imidazole rings is 1. The Morgan fingerprint density at radius 1 is 1.35 bits per heavy atom. The van der Waals surface area contributed by atoms with Crippen LogP contribution in [-0.4, -0.2) is 23.0 Å². The van der Waals surface area contributed by atoms with Crippen molar-refractivity contribution in [1.82, 2.24) is 9.97 Å². The van der Waals surface area contributed by atoms with Crippen LogP contribution in [-0.2, 0) is 4.74 Å². The minimum absolute atomic E-state index is 0.333. The molecule has 0 aliphatic heterocycles. The van der Waals surface area contributed by atoms with Crippen LogP contribution in [0.4, 0.5) is 0 Å². The summed E-state index contributed by atoms with van der Waals surface area (Å²) in [7, 11) is 1.38. The number of ether oxygens (including phenoxy) is 1. The number of H-pyrrole nitrogens is 1. The summed E-state index contributed by atoms with van der Waals surface area (Å²) >= 11 is 0. The summed E-state index contributed by atoms with van der Waals surface area (Å²) < 4.78 is 4.70. The second kappa shape index (κ2) is 4.41. The summed E-state index contributed by atoms with van der Waals surface area (Å²) in [6.45, 7) is 3.84. The van der Waals surface area contributed by atoms with E-state index in [0.717, 1.165) is 22.8 Å². The van der Waals surface area contributed by atoms with E-state index in [9.17, 15) is 4.79 Å². The summed E-state index contributed by atoms with van der Waals surface area (Å²) in [6.07, 6.45) is 0. The molecule has 1 aromatic carbocycles. The van der Waals surface area contributed by atoms with Crippen LogP contribution in [0.5, 0.6) is 0 Å². The molecule has 2 rings (SSSR count). The second-order valence-electron chi connectivity index (χ2n) is 3.86. The van der Waals surface area contributed by atoms with Gasteiger partial charge in [-0.2, -0.15) is 0 Å². The van der Waals surface area contributed by atoms with Crippen molar-refractivity contribution >= 4 is 5.97 Å². The fourth-order valence-corrected chi connectivity index (χ4v) is 1.81. The SMILES string of the molecule is COC(=O)c1cccc(-c2[nH]c(C)nc2C)c1. The van der Waals surface area contributed by atoms with E-state index in [2.05, 4.69) is 9.97 Å². The van der Waals surface area contributed by atoms with Crippen LogP contribution in [0.25, 0.3) is 11.3 Å². The molecule has 1 heterocycles. The van der Waals surface area contributed by atoms with E-state index in [0.29, 0.717) is 5.56 Å². The van der Waals surface area contributed by atoms with Crippen molar-refractivity contribution in [2.45, 2.75) is 13.8 Å². The molecule has 0 unspecified atom stereocenters. The molecule has 88 valence electrons. The van der Waals surface area contributed by atoms with Crippen LogP contribution >= 0.6 is 0 Å². The van der Waals surface area contributed by atoms with Crippen molar-refractivity contribution in [2.24, 2.45) is 0 Å². The Morgan fingerprint density at radius 2 is 2.12 bits per heavy atom. The first-order chi connectivity index (χ1) is 8.11. The molecule has 17 heavy (non-hydrogen) atoms. The third-order valence-electron chi connectivity index (χ3n) is 2.58. The van der Waals surface area contributed by atoms with Gasteiger partial charge in [-0.3, -0.25) is 0 Å². The van der Waals surface area contributed by atoms with Gasteiger partial charge in [-0.1, -0.05) is 12.1 Å². The molecule has 1 N–H and O–H groups in total. The molecule has 0 saturated carbocycles. The van der Waals surface area contributed by atoms with E-state index in [4.69, 9.17) is 4.74 Å². The van der Waals surface area contributed by atoms with Crippen LogP contribution in [0.1, 0.15) is 21.9 Å². The van der Waals surface area contributed by atoms with Gasteiger partial charge in [0.25, 0.3) is 0 Å². The third kappa shape index (κ3) is 2.20. The lowest BCUT2D eigenvalue weighted by Gasteiger charge is -2.03. The van der Waals surface area contributed by atoms with E-state index < -0.39 is 0 Å². The molecular formula is C13H14N2O2. The molecule has 4 heteroatoms. The number of hydrogen-bond donors (Lipinski definition) is 1. The van der Waals surface area contributed by atoms with Crippen LogP contribution < -0.4 is 0 Å². The Morgan fingerprint density at radius 3 is 2.71 bits per heavy atom. The average Bonchev–Trinajstić information content (AvgIpc) is 2.67. The second-order valence-corrected chi connectivity index (χ2v) is 3.86. The summed E-state index contributed by atoms with van der Waals surface area (Å²) in [5.41, 5.74) is 3.33.